The normalized spacial score (nSPS) is 13.3. The van der Waals surface area contributed by atoms with Crippen molar-refractivity contribution in [2.24, 2.45) is 0 Å². The molecule has 0 aliphatic carbocycles. The van der Waals surface area contributed by atoms with E-state index in [0.29, 0.717) is 0 Å². The number of hydrogen-bond acceptors (Lipinski definition) is 5. The van der Waals surface area contributed by atoms with Crippen molar-refractivity contribution in [1.82, 2.24) is 15.0 Å². The highest BCUT2D eigenvalue weighted by atomic mass is 15.2. The number of anilines is 2. The summed E-state index contributed by atoms with van der Waals surface area (Å²) in [5.41, 5.74) is 3.55. The predicted octanol–water partition coefficient (Wildman–Crippen LogP) is 2.81. The molecule has 0 saturated carbocycles. The van der Waals surface area contributed by atoms with Gasteiger partial charge in [-0.1, -0.05) is 18.2 Å². The SMILES string of the molecule is Cc1nc(NCCN2CCc3ccccc32)c2cccnc2n1. The molecule has 5 heteroatoms. The summed E-state index contributed by atoms with van der Waals surface area (Å²) in [7, 11) is 0. The van der Waals surface area contributed by atoms with Gasteiger partial charge in [-0.2, -0.15) is 0 Å². The van der Waals surface area contributed by atoms with Gasteiger partial charge in [0.25, 0.3) is 0 Å². The fraction of sp³-hybridized carbons (Fsp3) is 0.278. The first-order valence-corrected chi connectivity index (χ1v) is 7.97. The highest BCUT2D eigenvalue weighted by Gasteiger charge is 2.17. The van der Waals surface area contributed by atoms with Gasteiger partial charge in [0.1, 0.15) is 11.6 Å². The Morgan fingerprint density at radius 3 is 3.00 bits per heavy atom. The smallest absolute Gasteiger partial charge is 0.164 e. The van der Waals surface area contributed by atoms with Crippen LogP contribution in [0.15, 0.2) is 42.6 Å². The lowest BCUT2D eigenvalue weighted by atomic mass is 10.2. The molecule has 0 amide bonds. The second-order valence-corrected chi connectivity index (χ2v) is 5.79. The maximum absolute atomic E-state index is 4.53. The van der Waals surface area contributed by atoms with Crippen LogP contribution < -0.4 is 10.2 Å². The fourth-order valence-corrected chi connectivity index (χ4v) is 3.15. The summed E-state index contributed by atoms with van der Waals surface area (Å²) in [5.74, 6) is 1.61. The van der Waals surface area contributed by atoms with Crippen molar-refractivity contribution in [2.45, 2.75) is 13.3 Å². The Bertz CT molecular complexity index is 846. The van der Waals surface area contributed by atoms with Gasteiger partial charge in [-0.15, -0.1) is 0 Å². The lowest BCUT2D eigenvalue weighted by Crippen LogP contribution is -2.27. The maximum Gasteiger partial charge on any atom is 0.164 e. The van der Waals surface area contributed by atoms with Crippen molar-refractivity contribution >= 4 is 22.5 Å². The number of aryl methyl sites for hydroxylation is 1. The van der Waals surface area contributed by atoms with E-state index in [1.54, 1.807) is 6.20 Å². The minimum atomic E-state index is 0.741. The number of hydrogen-bond donors (Lipinski definition) is 1. The highest BCUT2D eigenvalue weighted by Crippen LogP contribution is 2.27. The van der Waals surface area contributed by atoms with Crippen LogP contribution in [0.25, 0.3) is 11.0 Å². The Kier molecular flexibility index (Phi) is 3.54. The fourth-order valence-electron chi connectivity index (χ4n) is 3.15. The van der Waals surface area contributed by atoms with Gasteiger partial charge in [-0.25, -0.2) is 15.0 Å². The first kappa shape index (κ1) is 13.9. The molecule has 0 saturated heterocycles. The molecule has 1 aromatic carbocycles. The van der Waals surface area contributed by atoms with E-state index in [2.05, 4.69) is 49.4 Å². The molecule has 3 aromatic rings. The molecule has 116 valence electrons. The molecule has 0 atom stereocenters. The average molecular weight is 305 g/mol. The molecule has 23 heavy (non-hydrogen) atoms. The molecule has 0 radical (unpaired) electrons. The summed E-state index contributed by atoms with van der Waals surface area (Å²) in [6.45, 7) is 4.79. The van der Waals surface area contributed by atoms with E-state index >= 15 is 0 Å². The van der Waals surface area contributed by atoms with Gasteiger partial charge in [-0.05, 0) is 37.1 Å². The topological polar surface area (TPSA) is 53.9 Å². The van der Waals surface area contributed by atoms with Gasteiger partial charge >= 0.3 is 0 Å². The molecular weight excluding hydrogens is 286 g/mol. The Morgan fingerprint density at radius 1 is 1.13 bits per heavy atom. The standard InChI is InChI=1S/C18H19N5/c1-13-21-17-15(6-4-9-19-17)18(22-13)20-10-12-23-11-8-14-5-2-3-7-16(14)23/h2-7,9H,8,10-12H2,1H3,(H,19,20,21,22). The van der Waals surface area contributed by atoms with E-state index in [1.807, 2.05) is 19.1 Å². The third kappa shape index (κ3) is 2.70. The van der Waals surface area contributed by atoms with Crippen molar-refractivity contribution in [2.75, 3.05) is 29.9 Å². The molecule has 4 rings (SSSR count). The van der Waals surface area contributed by atoms with E-state index in [9.17, 15) is 0 Å². The highest BCUT2D eigenvalue weighted by molar-refractivity contribution is 5.86. The molecule has 3 heterocycles. The van der Waals surface area contributed by atoms with Crippen LogP contribution in [-0.4, -0.2) is 34.6 Å². The number of nitrogens with one attached hydrogen (secondary N) is 1. The van der Waals surface area contributed by atoms with Gasteiger partial charge in [-0.3, -0.25) is 0 Å². The molecule has 0 unspecified atom stereocenters. The first-order valence-electron chi connectivity index (χ1n) is 7.97. The summed E-state index contributed by atoms with van der Waals surface area (Å²) in [5, 5.41) is 4.43. The molecule has 1 aliphatic heterocycles. The lowest BCUT2D eigenvalue weighted by molar-refractivity contribution is 0.836. The summed E-state index contributed by atoms with van der Waals surface area (Å²) >= 11 is 0. The monoisotopic (exact) mass is 305 g/mol. The zero-order chi connectivity index (χ0) is 15.6. The van der Waals surface area contributed by atoms with Crippen LogP contribution in [-0.2, 0) is 6.42 Å². The van der Waals surface area contributed by atoms with Crippen molar-refractivity contribution in [3.8, 4) is 0 Å². The number of benzene rings is 1. The van der Waals surface area contributed by atoms with Gasteiger partial charge in [0.15, 0.2) is 5.65 Å². The number of fused-ring (bicyclic) bond motifs is 2. The van der Waals surface area contributed by atoms with Crippen molar-refractivity contribution < 1.29 is 0 Å². The van der Waals surface area contributed by atoms with Crippen LogP contribution in [0.3, 0.4) is 0 Å². The van der Waals surface area contributed by atoms with E-state index in [4.69, 9.17) is 0 Å². The maximum atomic E-state index is 4.53. The Morgan fingerprint density at radius 2 is 2.04 bits per heavy atom. The number of rotatable bonds is 4. The summed E-state index contributed by atoms with van der Waals surface area (Å²) in [4.78, 5) is 15.7. The summed E-state index contributed by atoms with van der Waals surface area (Å²) in [6, 6.07) is 12.6. The van der Waals surface area contributed by atoms with Crippen LogP contribution in [0.5, 0.6) is 0 Å². The van der Waals surface area contributed by atoms with E-state index in [0.717, 1.165) is 48.7 Å². The zero-order valence-corrected chi connectivity index (χ0v) is 13.2. The number of pyridine rings is 1. The third-order valence-electron chi connectivity index (χ3n) is 4.24. The Hall–Kier alpha value is -2.69. The zero-order valence-electron chi connectivity index (χ0n) is 13.2. The van der Waals surface area contributed by atoms with Gasteiger partial charge in [0.05, 0.1) is 5.39 Å². The minimum absolute atomic E-state index is 0.741. The molecule has 0 bridgehead atoms. The van der Waals surface area contributed by atoms with Gasteiger partial charge in [0.2, 0.25) is 0 Å². The summed E-state index contributed by atoms with van der Waals surface area (Å²) < 4.78 is 0. The quantitative estimate of drug-likeness (QED) is 0.803. The molecule has 0 fully saturated rings. The molecule has 1 N–H and O–H groups in total. The van der Waals surface area contributed by atoms with Crippen LogP contribution in [0, 0.1) is 6.92 Å². The van der Waals surface area contributed by atoms with Crippen LogP contribution in [0.4, 0.5) is 11.5 Å². The summed E-state index contributed by atoms with van der Waals surface area (Å²) in [6.07, 6.45) is 2.90. The largest absolute Gasteiger partial charge is 0.369 e. The second kappa shape index (κ2) is 5.83. The molecule has 0 spiro atoms. The van der Waals surface area contributed by atoms with Gasteiger partial charge < -0.3 is 10.2 Å². The minimum Gasteiger partial charge on any atom is -0.369 e. The lowest BCUT2D eigenvalue weighted by Gasteiger charge is -2.20. The molecule has 1 aliphatic rings. The molecule has 2 aromatic heterocycles. The molecule has 5 nitrogen and oxygen atoms in total. The van der Waals surface area contributed by atoms with Crippen LogP contribution >= 0.6 is 0 Å². The van der Waals surface area contributed by atoms with Crippen LogP contribution in [0.1, 0.15) is 11.4 Å². The predicted molar refractivity (Wildman–Crippen MR) is 92.9 cm³/mol. The number of nitrogens with zero attached hydrogens (tertiary/aromatic N) is 4. The Balaban J connectivity index is 1.48. The van der Waals surface area contributed by atoms with Crippen molar-refractivity contribution in [1.29, 1.82) is 0 Å². The van der Waals surface area contributed by atoms with E-state index in [-0.39, 0.29) is 0 Å². The number of aromatic nitrogens is 3. The van der Waals surface area contributed by atoms with Gasteiger partial charge in [0, 0.05) is 31.5 Å². The third-order valence-corrected chi connectivity index (χ3v) is 4.24. The first-order chi connectivity index (χ1) is 11.3. The second-order valence-electron chi connectivity index (χ2n) is 5.79. The van der Waals surface area contributed by atoms with E-state index < -0.39 is 0 Å². The van der Waals surface area contributed by atoms with Crippen molar-refractivity contribution in [3.63, 3.8) is 0 Å². The average Bonchev–Trinajstić information content (AvgIpc) is 2.98. The van der Waals surface area contributed by atoms with Crippen molar-refractivity contribution in [3.05, 3.63) is 54.0 Å². The van der Waals surface area contributed by atoms with E-state index in [1.165, 1.54) is 11.3 Å². The van der Waals surface area contributed by atoms with Crippen LogP contribution in [0.2, 0.25) is 0 Å². The Labute approximate surface area is 135 Å². The molecular formula is C18H19N5. The number of para-hydroxylation sites is 1.